The highest BCUT2D eigenvalue weighted by atomic mass is 35.5. The molecule has 1 amide bonds. The van der Waals surface area contributed by atoms with E-state index in [1.54, 1.807) is 4.90 Å². The molecule has 4 nitrogen and oxygen atoms in total. The maximum atomic E-state index is 13.1. The normalized spacial score (nSPS) is 17.5. The van der Waals surface area contributed by atoms with Gasteiger partial charge in [-0.3, -0.25) is 4.79 Å². The van der Waals surface area contributed by atoms with E-state index in [1.165, 1.54) is 0 Å². The minimum Gasteiger partial charge on any atom is -0.381 e. The van der Waals surface area contributed by atoms with Gasteiger partial charge in [0.15, 0.2) is 0 Å². The Morgan fingerprint density at radius 2 is 2.05 bits per heavy atom. The Labute approximate surface area is 131 Å². The van der Waals surface area contributed by atoms with Gasteiger partial charge in [-0.15, -0.1) is 0 Å². The first-order chi connectivity index (χ1) is 10.1. The van der Waals surface area contributed by atoms with Crippen molar-refractivity contribution in [3.63, 3.8) is 0 Å². The third kappa shape index (κ3) is 3.39. The zero-order chi connectivity index (χ0) is 15.3. The molecule has 0 saturated carbocycles. The summed E-state index contributed by atoms with van der Waals surface area (Å²) in [7, 11) is 3.74. The predicted molar refractivity (Wildman–Crippen MR) is 84.7 cm³/mol. The number of hydrogen-bond donors (Lipinski definition) is 1. The van der Waals surface area contributed by atoms with Crippen molar-refractivity contribution in [1.29, 1.82) is 0 Å². The van der Waals surface area contributed by atoms with E-state index >= 15 is 0 Å². The quantitative estimate of drug-likeness (QED) is 0.905. The van der Waals surface area contributed by atoms with Gasteiger partial charge >= 0.3 is 0 Å². The maximum absolute atomic E-state index is 13.1. The summed E-state index contributed by atoms with van der Waals surface area (Å²) in [6.45, 7) is 2.65. The van der Waals surface area contributed by atoms with Crippen molar-refractivity contribution < 1.29 is 9.53 Å². The summed E-state index contributed by atoms with van der Waals surface area (Å²) < 4.78 is 5.47. The van der Waals surface area contributed by atoms with E-state index in [9.17, 15) is 4.79 Å². The Bertz CT molecular complexity index is 487. The number of nitrogens with zero attached hydrogens (tertiary/aromatic N) is 1. The Morgan fingerprint density at radius 1 is 1.38 bits per heavy atom. The molecule has 21 heavy (non-hydrogen) atoms. The molecular formula is C16H23ClN2O2. The number of ether oxygens (including phenoxy) is 1. The highest BCUT2D eigenvalue weighted by Gasteiger charge is 2.44. The summed E-state index contributed by atoms with van der Waals surface area (Å²) in [6, 6.07) is 7.67. The fraction of sp³-hybridized carbons (Fsp3) is 0.562. The van der Waals surface area contributed by atoms with E-state index in [1.807, 2.05) is 38.4 Å². The minimum atomic E-state index is -0.556. The molecule has 1 fully saturated rings. The highest BCUT2D eigenvalue weighted by molar-refractivity contribution is 6.31. The molecule has 116 valence electrons. The largest absolute Gasteiger partial charge is 0.381 e. The molecule has 1 aliphatic rings. The second-order valence-electron chi connectivity index (χ2n) is 5.50. The number of hydrogen-bond acceptors (Lipinski definition) is 3. The smallest absolute Gasteiger partial charge is 0.233 e. The van der Waals surface area contributed by atoms with Gasteiger partial charge in [0, 0.05) is 38.4 Å². The lowest BCUT2D eigenvalue weighted by Crippen LogP contribution is -2.50. The average molecular weight is 311 g/mol. The number of carbonyl (C=O) groups excluding carboxylic acids is 1. The SMILES string of the molecule is CNCCN(C)C(=O)C1(c2ccccc2Cl)CCOCC1. The highest BCUT2D eigenvalue weighted by Crippen LogP contribution is 2.39. The van der Waals surface area contributed by atoms with Gasteiger partial charge in [0.2, 0.25) is 5.91 Å². The van der Waals surface area contributed by atoms with Gasteiger partial charge in [0.05, 0.1) is 5.41 Å². The van der Waals surface area contributed by atoms with Crippen LogP contribution in [-0.2, 0) is 14.9 Å². The number of nitrogens with one attached hydrogen (secondary N) is 1. The number of carbonyl (C=O) groups is 1. The van der Waals surface area contributed by atoms with Crippen LogP contribution >= 0.6 is 11.6 Å². The second kappa shape index (κ2) is 7.25. The summed E-state index contributed by atoms with van der Waals surface area (Å²) in [6.07, 6.45) is 1.36. The summed E-state index contributed by atoms with van der Waals surface area (Å²) >= 11 is 6.38. The summed E-state index contributed by atoms with van der Waals surface area (Å²) in [5.41, 5.74) is 0.371. The van der Waals surface area contributed by atoms with Crippen LogP contribution < -0.4 is 5.32 Å². The molecule has 0 bridgehead atoms. The summed E-state index contributed by atoms with van der Waals surface area (Å²) in [5, 5.41) is 3.74. The van der Waals surface area contributed by atoms with Crippen molar-refractivity contribution in [3.05, 3.63) is 34.9 Å². The zero-order valence-corrected chi connectivity index (χ0v) is 13.4. The van der Waals surface area contributed by atoms with Crippen LogP contribution in [0.3, 0.4) is 0 Å². The number of halogens is 1. The third-order valence-corrected chi connectivity index (χ3v) is 4.52. The van der Waals surface area contributed by atoms with Crippen LogP contribution in [0.2, 0.25) is 5.02 Å². The van der Waals surface area contributed by atoms with Gasteiger partial charge in [-0.1, -0.05) is 29.8 Å². The average Bonchev–Trinajstić information content (AvgIpc) is 2.53. The molecule has 0 radical (unpaired) electrons. The zero-order valence-electron chi connectivity index (χ0n) is 12.7. The first-order valence-corrected chi connectivity index (χ1v) is 7.72. The van der Waals surface area contributed by atoms with Crippen LogP contribution in [0.5, 0.6) is 0 Å². The Morgan fingerprint density at radius 3 is 2.67 bits per heavy atom. The van der Waals surface area contributed by atoms with Crippen LogP contribution in [0, 0.1) is 0 Å². The Balaban J connectivity index is 2.33. The molecule has 2 rings (SSSR count). The summed E-state index contributed by atoms with van der Waals surface area (Å²) in [4.78, 5) is 14.9. The van der Waals surface area contributed by atoms with Gasteiger partial charge in [0.25, 0.3) is 0 Å². The van der Waals surface area contributed by atoms with Crippen LogP contribution in [0.4, 0.5) is 0 Å². The van der Waals surface area contributed by atoms with E-state index in [0.717, 1.165) is 12.1 Å². The molecular weight excluding hydrogens is 288 g/mol. The van der Waals surface area contributed by atoms with Gasteiger partial charge in [0.1, 0.15) is 0 Å². The van der Waals surface area contributed by atoms with E-state index in [2.05, 4.69) is 5.32 Å². The van der Waals surface area contributed by atoms with Crippen molar-refractivity contribution in [3.8, 4) is 0 Å². The monoisotopic (exact) mass is 310 g/mol. The lowest BCUT2D eigenvalue weighted by Gasteiger charge is -2.39. The molecule has 1 N–H and O–H groups in total. The topological polar surface area (TPSA) is 41.6 Å². The summed E-state index contributed by atoms with van der Waals surface area (Å²) in [5.74, 6) is 0.133. The Hall–Kier alpha value is -1.10. The van der Waals surface area contributed by atoms with E-state index < -0.39 is 5.41 Å². The predicted octanol–water partition coefficient (Wildman–Crippen LogP) is 2.07. The molecule has 1 saturated heterocycles. The van der Waals surface area contributed by atoms with Crippen LogP contribution in [0.25, 0.3) is 0 Å². The fourth-order valence-corrected chi connectivity index (χ4v) is 3.23. The molecule has 1 aromatic carbocycles. The molecule has 0 atom stereocenters. The van der Waals surface area contributed by atoms with E-state index in [4.69, 9.17) is 16.3 Å². The molecule has 0 spiro atoms. The van der Waals surface area contributed by atoms with Crippen molar-refractivity contribution in [2.75, 3.05) is 40.4 Å². The first kappa shape index (κ1) is 16.3. The standard InChI is InChI=1S/C16H23ClN2O2/c1-18-9-10-19(2)15(20)16(7-11-21-12-8-16)13-5-3-4-6-14(13)17/h3-6,18H,7-12H2,1-2H3. The van der Waals surface area contributed by atoms with Crippen molar-refractivity contribution in [1.82, 2.24) is 10.2 Å². The minimum absolute atomic E-state index is 0.133. The Kier molecular flexibility index (Phi) is 5.62. The second-order valence-corrected chi connectivity index (χ2v) is 5.91. The van der Waals surface area contributed by atoms with Gasteiger partial charge in [-0.05, 0) is 31.5 Å². The molecule has 1 aromatic rings. The molecule has 0 aromatic heterocycles. The molecule has 0 unspecified atom stereocenters. The molecule has 1 aliphatic heterocycles. The van der Waals surface area contributed by atoms with Crippen LogP contribution in [0.1, 0.15) is 18.4 Å². The van der Waals surface area contributed by atoms with Gasteiger partial charge in [-0.25, -0.2) is 0 Å². The molecule has 5 heteroatoms. The van der Waals surface area contributed by atoms with Crippen molar-refractivity contribution >= 4 is 17.5 Å². The van der Waals surface area contributed by atoms with Gasteiger partial charge < -0.3 is 15.0 Å². The molecule has 1 heterocycles. The fourth-order valence-electron chi connectivity index (χ4n) is 2.91. The number of benzene rings is 1. The number of amides is 1. The third-order valence-electron chi connectivity index (χ3n) is 4.19. The number of likely N-dealkylation sites (N-methyl/N-ethyl adjacent to an activating group) is 2. The van der Waals surface area contributed by atoms with Crippen molar-refractivity contribution in [2.45, 2.75) is 18.3 Å². The van der Waals surface area contributed by atoms with Gasteiger partial charge in [-0.2, -0.15) is 0 Å². The number of rotatable bonds is 5. The van der Waals surface area contributed by atoms with Crippen LogP contribution in [-0.4, -0.2) is 51.2 Å². The maximum Gasteiger partial charge on any atom is 0.233 e. The lowest BCUT2D eigenvalue weighted by molar-refractivity contribution is -0.140. The van der Waals surface area contributed by atoms with E-state index in [0.29, 0.717) is 37.6 Å². The van der Waals surface area contributed by atoms with Crippen molar-refractivity contribution in [2.24, 2.45) is 0 Å². The first-order valence-electron chi connectivity index (χ1n) is 7.35. The van der Waals surface area contributed by atoms with Crippen LogP contribution in [0.15, 0.2) is 24.3 Å². The van der Waals surface area contributed by atoms with E-state index in [-0.39, 0.29) is 5.91 Å². The lowest BCUT2D eigenvalue weighted by atomic mass is 9.73. The molecule has 0 aliphatic carbocycles.